The van der Waals surface area contributed by atoms with Crippen molar-refractivity contribution < 1.29 is 20.5 Å². The van der Waals surface area contributed by atoms with Crippen molar-refractivity contribution in [2.75, 3.05) is 6.61 Å². The fraction of sp³-hybridized carbons (Fsp3) is 0.800. The molecule has 0 amide bonds. The molecule has 0 unspecified atom stereocenters. The van der Waals surface area contributed by atoms with Gasteiger partial charge in [0.15, 0.2) is 0 Å². The molecule has 0 radical (unpaired) electrons. The van der Waals surface area contributed by atoms with Gasteiger partial charge in [-0.1, -0.05) is 6.92 Å². The monoisotopic (exact) mass is 138 g/mol. The summed E-state index contributed by atoms with van der Waals surface area (Å²) in [6.07, 6.45) is 0.222. The highest BCUT2D eigenvalue weighted by atomic mass is 16.4. The third-order valence-corrected chi connectivity index (χ3v) is 0.302. The van der Waals surface area contributed by atoms with Gasteiger partial charge in [-0.25, -0.2) is 0 Å². The van der Waals surface area contributed by atoms with E-state index in [9.17, 15) is 4.79 Å². The third-order valence-electron chi connectivity index (χ3n) is 0.302. The van der Waals surface area contributed by atoms with Gasteiger partial charge in [0.1, 0.15) is 0 Å². The lowest BCUT2D eigenvalue weighted by Gasteiger charge is -1.71. The number of aliphatic hydroxyl groups is 1. The lowest BCUT2D eigenvalue weighted by atomic mass is 10.5. The Balaban J connectivity index is -0.0000000800. The first-order valence-corrected chi connectivity index (χ1v) is 2.51. The Morgan fingerprint density at radius 3 is 1.56 bits per heavy atom. The molecule has 9 heavy (non-hydrogen) atoms. The summed E-state index contributed by atoms with van der Waals surface area (Å²) in [6.45, 7) is 3.53. The van der Waals surface area contributed by atoms with Crippen molar-refractivity contribution in [1.29, 1.82) is 0 Å². The van der Waals surface area contributed by atoms with Gasteiger partial charge >= 0.3 is 5.97 Å². The fourth-order valence-electron chi connectivity index (χ4n) is 0. The molecule has 0 bridgehead atoms. The van der Waals surface area contributed by atoms with E-state index in [1.807, 2.05) is 0 Å². The first-order valence-electron chi connectivity index (χ1n) is 2.51. The number of carbonyl (C=O) groups is 1. The standard InChI is InChI=1S/C3H6O2.C2H6O.H2O/c1-2-3(4)5;1-2-3;/h2H2,1H3,(H,4,5);3H,2H2,1H3;1H2. The van der Waals surface area contributed by atoms with E-state index < -0.39 is 5.97 Å². The van der Waals surface area contributed by atoms with Gasteiger partial charge < -0.3 is 15.7 Å². The first kappa shape index (κ1) is 15.8. The molecule has 0 fully saturated rings. The van der Waals surface area contributed by atoms with Crippen molar-refractivity contribution in [2.24, 2.45) is 0 Å². The summed E-state index contributed by atoms with van der Waals surface area (Å²) < 4.78 is 0. The predicted octanol–water partition coefficient (Wildman–Crippen LogP) is -0.345. The van der Waals surface area contributed by atoms with Crippen LogP contribution in [0.1, 0.15) is 20.3 Å². The van der Waals surface area contributed by atoms with E-state index in [4.69, 9.17) is 10.2 Å². The molecule has 0 heterocycles. The summed E-state index contributed by atoms with van der Waals surface area (Å²) in [5, 5.41) is 15.3. The van der Waals surface area contributed by atoms with Gasteiger partial charge in [0.05, 0.1) is 0 Å². The molecule has 0 rings (SSSR count). The van der Waals surface area contributed by atoms with Crippen molar-refractivity contribution in [1.82, 2.24) is 0 Å². The molecule has 0 saturated heterocycles. The number of aliphatic hydroxyl groups excluding tert-OH is 1. The number of hydrogen-bond donors (Lipinski definition) is 2. The lowest BCUT2D eigenvalue weighted by Crippen LogP contribution is -1.86. The van der Waals surface area contributed by atoms with Crippen LogP contribution in [0.4, 0.5) is 0 Å². The maximum Gasteiger partial charge on any atom is 0.303 e. The van der Waals surface area contributed by atoms with Crippen LogP contribution in [0.2, 0.25) is 0 Å². The second-order valence-electron chi connectivity index (χ2n) is 1.06. The van der Waals surface area contributed by atoms with E-state index in [1.165, 1.54) is 0 Å². The Kier molecular flexibility index (Phi) is 27.4. The summed E-state index contributed by atoms with van der Waals surface area (Å²) in [4.78, 5) is 9.37. The Bertz CT molecular complexity index is 52.9. The Labute approximate surface area is 54.4 Å². The maximum absolute atomic E-state index is 9.37. The van der Waals surface area contributed by atoms with Gasteiger partial charge in [-0.05, 0) is 6.92 Å². The van der Waals surface area contributed by atoms with E-state index in [2.05, 4.69) is 0 Å². The normalized spacial score (nSPS) is 6.11. The minimum absolute atomic E-state index is 0. The van der Waals surface area contributed by atoms with Crippen LogP contribution in [0, 0.1) is 0 Å². The summed E-state index contributed by atoms with van der Waals surface area (Å²) >= 11 is 0. The van der Waals surface area contributed by atoms with Gasteiger partial charge in [-0.15, -0.1) is 0 Å². The van der Waals surface area contributed by atoms with E-state index in [0.29, 0.717) is 0 Å². The molecule has 4 nitrogen and oxygen atoms in total. The van der Waals surface area contributed by atoms with Gasteiger partial charge in [0, 0.05) is 13.0 Å². The third kappa shape index (κ3) is 111. The van der Waals surface area contributed by atoms with Crippen molar-refractivity contribution >= 4 is 5.97 Å². The SMILES string of the molecule is CCC(=O)O.CCO.O. The molecular weight excluding hydrogens is 124 g/mol. The predicted molar refractivity (Wildman–Crippen MR) is 34.3 cm³/mol. The van der Waals surface area contributed by atoms with Crippen LogP contribution in [-0.4, -0.2) is 28.3 Å². The molecular formula is C5H14O4. The summed E-state index contributed by atoms with van der Waals surface area (Å²) in [5.74, 6) is -0.745. The Morgan fingerprint density at radius 2 is 1.56 bits per heavy atom. The van der Waals surface area contributed by atoms with Gasteiger partial charge in [0.2, 0.25) is 0 Å². The number of hydrogen-bond acceptors (Lipinski definition) is 2. The molecule has 0 aliphatic rings. The van der Waals surface area contributed by atoms with Crippen molar-refractivity contribution in [2.45, 2.75) is 20.3 Å². The van der Waals surface area contributed by atoms with Crippen LogP contribution in [0.25, 0.3) is 0 Å². The number of rotatable bonds is 1. The van der Waals surface area contributed by atoms with Crippen LogP contribution in [0.5, 0.6) is 0 Å². The van der Waals surface area contributed by atoms with Crippen molar-refractivity contribution in [3.05, 3.63) is 0 Å². The topological polar surface area (TPSA) is 89.0 Å². The van der Waals surface area contributed by atoms with E-state index >= 15 is 0 Å². The molecule has 0 atom stereocenters. The van der Waals surface area contributed by atoms with Crippen LogP contribution >= 0.6 is 0 Å². The largest absolute Gasteiger partial charge is 0.481 e. The Hall–Kier alpha value is -0.610. The van der Waals surface area contributed by atoms with Crippen LogP contribution in [-0.2, 0) is 4.79 Å². The molecule has 0 aliphatic carbocycles. The minimum Gasteiger partial charge on any atom is -0.481 e. The zero-order valence-corrected chi connectivity index (χ0v) is 5.72. The first-order chi connectivity index (χ1) is 3.68. The molecule has 4 heteroatoms. The smallest absolute Gasteiger partial charge is 0.303 e. The molecule has 0 aromatic rings. The molecule has 0 spiro atoms. The van der Waals surface area contributed by atoms with E-state index in [0.717, 1.165) is 0 Å². The van der Waals surface area contributed by atoms with E-state index in [1.54, 1.807) is 13.8 Å². The summed E-state index contributed by atoms with van der Waals surface area (Å²) in [6, 6.07) is 0. The van der Waals surface area contributed by atoms with Gasteiger partial charge in [0.25, 0.3) is 0 Å². The fourth-order valence-corrected chi connectivity index (χ4v) is 0. The number of aliphatic carboxylic acids is 1. The van der Waals surface area contributed by atoms with Gasteiger partial charge in [-0.2, -0.15) is 0 Å². The second-order valence-corrected chi connectivity index (χ2v) is 1.06. The highest BCUT2D eigenvalue weighted by Crippen LogP contribution is 1.67. The molecule has 0 aromatic carbocycles. The summed E-state index contributed by atoms with van der Waals surface area (Å²) in [7, 11) is 0. The average Bonchev–Trinajstić information content (AvgIpc) is 1.69. The number of carboxylic acid groups (broad SMARTS) is 1. The number of carboxylic acids is 1. The molecule has 0 aliphatic heterocycles. The zero-order valence-electron chi connectivity index (χ0n) is 5.72. The lowest BCUT2D eigenvalue weighted by molar-refractivity contribution is -0.136. The molecule has 58 valence electrons. The molecule has 4 N–H and O–H groups in total. The Morgan fingerprint density at radius 1 is 1.44 bits per heavy atom. The van der Waals surface area contributed by atoms with Crippen LogP contribution in [0.3, 0.4) is 0 Å². The summed E-state index contributed by atoms with van der Waals surface area (Å²) in [5.41, 5.74) is 0. The molecule has 0 saturated carbocycles. The van der Waals surface area contributed by atoms with Crippen molar-refractivity contribution in [3.8, 4) is 0 Å². The second kappa shape index (κ2) is 15.7. The van der Waals surface area contributed by atoms with Crippen LogP contribution in [0.15, 0.2) is 0 Å². The highest BCUT2D eigenvalue weighted by Gasteiger charge is 1.80. The minimum atomic E-state index is -0.745. The van der Waals surface area contributed by atoms with Gasteiger partial charge in [-0.3, -0.25) is 4.79 Å². The highest BCUT2D eigenvalue weighted by molar-refractivity contribution is 5.66. The zero-order chi connectivity index (χ0) is 6.99. The molecule has 0 aromatic heterocycles. The average molecular weight is 138 g/mol. The van der Waals surface area contributed by atoms with Crippen LogP contribution < -0.4 is 0 Å². The van der Waals surface area contributed by atoms with Crippen molar-refractivity contribution in [3.63, 3.8) is 0 Å². The van der Waals surface area contributed by atoms with E-state index in [-0.39, 0.29) is 18.5 Å². The quantitative estimate of drug-likeness (QED) is 0.519. The maximum atomic E-state index is 9.37.